The number of hydrogen-bond donors (Lipinski definition) is 0. The van der Waals surface area contributed by atoms with E-state index in [9.17, 15) is 18.4 Å². The lowest BCUT2D eigenvalue weighted by Gasteiger charge is -2.33. The van der Waals surface area contributed by atoms with Gasteiger partial charge in [-0.1, -0.05) is 6.42 Å². The maximum atomic E-state index is 12.6. The zero-order valence-electron chi connectivity index (χ0n) is 11.6. The molecule has 0 atom stereocenters. The van der Waals surface area contributed by atoms with Crippen LogP contribution in [-0.2, 0) is 14.3 Å². The number of alkyl halides is 2. The van der Waals surface area contributed by atoms with Gasteiger partial charge in [-0.25, -0.2) is 0 Å². The molecule has 0 N–H and O–H groups in total. The van der Waals surface area contributed by atoms with Gasteiger partial charge in [-0.05, 0) is 39.0 Å². The fourth-order valence-corrected chi connectivity index (χ4v) is 2.34. The summed E-state index contributed by atoms with van der Waals surface area (Å²) in [4.78, 5) is 22.6. The largest absolute Gasteiger partial charge is 0.459 e. The van der Waals surface area contributed by atoms with Gasteiger partial charge in [0.05, 0.1) is 0 Å². The molecule has 0 unspecified atom stereocenters. The van der Waals surface area contributed by atoms with Crippen LogP contribution in [0.5, 0.6) is 0 Å². The molecule has 0 heterocycles. The number of esters is 1. The van der Waals surface area contributed by atoms with Gasteiger partial charge in [-0.3, -0.25) is 9.59 Å². The van der Waals surface area contributed by atoms with E-state index in [2.05, 4.69) is 0 Å². The Morgan fingerprint density at radius 3 is 2.26 bits per heavy atom. The van der Waals surface area contributed by atoms with Crippen LogP contribution in [0, 0.1) is 0 Å². The van der Waals surface area contributed by atoms with Crippen molar-refractivity contribution in [3.8, 4) is 0 Å². The van der Waals surface area contributed by atoms with Crippen LogP contribution in [0.25, 0.3) is 0 Å². The van der Waals surface area contributed by atoms with E-state index in [-0.39, 0.29) is 19.3 Å². The second kappa shape index (κ2) is 6.44. The van der Waals surface area contributed by atoms with E-state index in [1.54, 1.807) is 0 Å². The molecule has 0 radical (unpaired) electrons. The van der Waals surface area contributed by atoms with Crippen LogP contribution in [-0.4, -0.2) is 23.3 Å². The molecule has 0 amide bonds. The van der Waals surface area contributed by atoms with E-state index in [4.69, 9.17) is 4.74 Å². The molecule has 0 bridgehead atoms. The van der Waals surface area contributed by atoms with Crippen LogP contribution in [0.2, 0.25) is 0 Å². The van der Waals surface area contributed by atoms with Crippen molar-refractivity contribution in [2.24, 2.45) is 0 Å². The first kappa shape index (κ1) is 16.1. The zero-order valence-corrected chi connectivity index (χ0v) is 11.6. The third-order valence-corrected chi connectivity index (χ3v) is 3.55. The van der Waals surface area contributed by atoms with Crippen LogP contribution < -0.4 is 0 Å². The summed E-state index contributed by atoms with van der Waals surface area (Å²) >= 11 is 0. The lowest BCUT2D eigenvalue weighted by atomic mass is 9.86. The van der Waals surface area contributed by atoms with Crippen LogP contribution in [0.3, 0.4) is 0 Å². The van der Waals surface area contributed by atoms with Gasteiger partial charge in [-0.2, -0.15) is 8.78 Å². The fourth-order valence-electron chi connectivity index (χ4n) is 2.34. The van der Waals surface area contributed by atoms with Crippen molar-refractivity contribution in [2.45, 2.75) is 76.7 Å². The first-order chi connectivity index (χ1) is 8.73. The molecule has 0 aliphatic heterocycles. The predicted molar refractivity (Wildman–Crippen MR) is 67.1 cm³/mol. The summed E-state index contributed by atoms with van der Waals surface area (Å²) in [7, 11) is 0. The molecule has 0 aromatic carbocycles. The second-order valence-electron chi connectivity index (χ2n) is 5.65. The second-order valence-corrected chi connectivity index (χ2v) is 5.65. The topological polar surface area (TPSA) is 43.4 Å². The Morgan fingerprint density at radius 1 is 1.16 bits per heavy atom. The summed E-state index contributed by atoms with van der Waals surface area (Å²) in [5, 5.41) is 0. The van der Waals surface area contributed by atoms with Crippen LogP contribution >= 0.6 is 0 Å². The molecule has 1 rings (SSSR count). The van der Waals surface area contributed by atoms with Gasteiger partial charge in [0.15, 0.2) is 0 Å². The molecule has 0 spiro atoms. The highest BCUT2D eigenvalue weighted by Gasteiger charge is 2.32. The van der Waals surface area contributed by atoms with Crippen LogP contribution in [0.1, 0.15) is 65.2 Å². The normalized spacial score (nSPS) is 18.9. The first-order valence-electron chi connectivity index (χ1n) is 6.86. The van der Waals surface area contributed by atoms with Crippen molar-refractivity contribution in [3.63, 3.8) is 0 Å². The standard InChI is InChI=1S/C14H22F2O3/c1-13(9-4-3-5-10-13)19-12(18)8-6-7-11(17)14(2,15)16/h3-10H2,1-2H3. The minimum absolute atomic E-state index is 0.0252. The minimum Gasteiger partial charge on any atom is -0.459 e. The number of halogens is 2. The summed E-state index contributed by atoms with van der Waals surface area (Å²) in [6, 6.07) is 0. The molecule has 1 fully saturated rings. The average Bonchev–Trinajstić information content (AvgIpc) is 2.27. The molecular formula is C14H22F2O3. The smallest absolute Gasteiger partial charge is 0.306 e. The minimum atomic E-state index is -3.31. The molecule has 1 aliphatic rings. The van der Waals surface area contributed by atoms with E-state index in [0.717, 1.165) is 32.1 Å². The van der Waals surface area contributed by atoms with Gasteiger partial charge < -0.3 is 4.74 Å². The predicted octanol–water partition coefficient (Wildman–Crippen LogP) is 3.65. The lowest BCUT2D eigenvalue weighted by Crippen LogP contribution is -2.34. The molecule has 1 aliphatic carbocycles. The van der Waals surface area contributed by atoms with Crippen molar-refractivity contribution < 1.29 is 23.1 Å². The van der Waals surface area contributed by atoms with Gasteiger partial charge in [-0.15, -0.1) is 0 Å². The lowest BCUT2D eigenvalue weighted by molar-refractivity contribution is -0.161. The van der Waals surface area contributed by atoms with Crippen molar-refractivity contribution >= 4 is 11.8 Å². The average molecular weight is 276 g/mol. The van der Waals surface area contributed by atoms with E-state index in [1.807, 2.05) is 6.92 Å². The zero-order chi connectivity index (χ0) is 14.5. The molecule has 0 saturated heterocycles. The summed E-state index contributed by atoms with van der Waals surface area (Å²) in [6.07, 6.45) is 4.82. The van der Waals surface area contributed by atoms with E-state index in [0.29, 0.717) is 6.92 Å². The molecule has 1 saturated carbocycles. The highest BCUT2D eigenvalue weighted by molar-refractivity contribution is 5.85. The Morgan fingerprint density at radius 2 is 1.74 bits per heavy atom. The van der Waals surface area contributed by atoms with E-state index < -0.39 is 23.3 Å². The Kier molecular flexibility index (Phi) is 5.44. The van der Waals surface area contributed by atoms with E-state index >= 15 is 0 Å². The fraction of sp³-hybridized carbons (Fsp3) is 0.857. The Bertz CT molecular complexity index is 328. The number of hydrogen-bond acceptors (Lipinski definition) is 3. The van der Waals surface area contributed by atoms with Crippen LogP contribution in [0.4, 0.5) is 8.78 Å². The van der Waals surface area contributed by atoms with Gasteiger partial charge in [0.2, 0.25) is 5.78 Å². The molecule has 0 aromatic rings. The monoisotopic (exact) mass is 276 g/mol. The Hall–Kier alpha value is -1.00. The summed E-state index contributed by atoms with van der Waals surface area (Å²) in [5.41, 5.74) is -0.409. The highest BCUT2D eigenvalue weighted by atomic mass is 19.3. The van der Waals surface area contributed by atoms with Gasteiger partial charge >= 0.3 is 11.9 Å². The van der Waals surface area contributed by atoms with Crippen molar-refractivity contribution in [2.75, 3.05) is 0 Å². The first-order valence-corrected chi connectivity index (χ1v) is 6.86. The van der Waals surface area contributed by atoms with Gasteiger partial charge in [0.25, 0.3) is 0 Å². The summed E-state index contributed by atoms with van der Waals surface area (Å²) in [5.74, 6) is -4.82. The van der Waals surface area contributed by atoms with Crippen molar-refractivity contribution in [1.82, 2.24) is 0 Å². The molecule has 0 aromatic heterocycles. The quantitative estimate of drug-likeness (QED) is 0.695. The van der Waals surface area contributed by atoms with E-state index in [1.165, 1.54) is 0 Å². The number of carbonyl (C=O) groups is 2. The molecule has 3 nitrogen and oxygen atoms in total. The van der Waals surface area contributed by atoms with Gasteiger partial charge in [0.1, 0.15) is 5.60 Å². The molecule has 5 heteroatoms. The Labute approximate surface area is 112 Å². The maximum absolute atomic E-state index is 12.6. The maximum Gasteiger partial charge on any atom is 0.306 e. The third kappa shape index (κ3) is 5.66. The summed E-state index contributed by atoms with van der Waals surface area (Å²) in [6.45, 7) is 2.49. The number of rotatable bonds is 6. The highest BCUT2D eigenvalue weighted by Crippen LogP contribution is 2.31. The molecule has 19 heavy (non-hydrogen) atoms. The third-order valence-electron chi connectivity index (χ3n) is 3.55. The van der Waals surface area contributed by atoms with Crippen molar-refractivity contribution in [1.29, 1.82) is 0 Å². The molecular weight excluding hydrogens is 254 g/mol. The number of Topliss-reactive ketones (excluding diaryl/α,β-unsaturated/α-hetero) is 1. The van der Waals surface area contributed by atoms with Crippen LogP contribution in [0.15, 0.2) is 0 Å². The SMILES string of the molecule is CC1(OC(=O)CCCC(=O)C(C)(F)F)CCCCC1. The van der Waals surface area contributed by atoms with Crippen molar-refractivity contribution in [3.05, 3.63) is 0 Å². The molecule has 110 valence electrons. The van der Waals surface area contributed by atoms with Gasteiger partial charge in [0, 0.05) is 19.8 Å². The summed E-state index contributed by atoms with van der Waals surface area (Å²) < 4.78 is 30.6. The number of carbonyl (C=O) groups excluding carboxylic acids is 2. The number of ketones is 1. The Balaban J connectivity index is 2.26. The number of ether oxygens (including phenoxy) is 1.